The van der Waals surface area contributed by atoms with Crippen molar-refractivity contribution in [3.05, 3.63) is 91.0 Å². The molecular weight excluding hydrogens is 420 g/mol. The number of fused-ring (bicyclic) bond motifs is 2. The van der Waals surface area contributed by atoms with Gasteiger partial charge in [-0.05, 0) is 94.0 Å². The smallest absolute Gasteiger partial charge is 0.119 e. The predicted molar refractivity (Wildman–Crippen MR) is 141 cm³/mol. The molecule has 3 nitrogen and oxygen atoms in total. The molecule has 0 fully saturated rings. The third kappa shape index (κ3) is 3.94. The minimum atomic E-state index is 0.652. The van der Waals surface area contributed by atoms with Gasteiger partial charge in [0.25, 0.3) is 0 Å². The standard InChI is InChI=1S/C31H28O3/c1-4-33-23-14-10-21(11-15-23)30-26-8-6-7-9-27(26)31(22-12-16-24(17-13-22)34-5-2)29-20-25(32-3)18-19-28(29)30/h6-20H,4-5H2,1-3H3. The Morgan fingerprint density at radius 2 is 0.941 bits per heavy atom. The number of ether oxygens (including phenoxy) is 3. The molecule has 0 aromatic heterocycles. The summed E-state index contributed by atoms with van der Waals surface area (Å²) in [5.74, 6) is 2.60. The Morgan fingerprint density at radius 3 is 1.41 bits per heavy atom. The Labute approximate surface area is 200 Å². The van der Waals surface area contributed by atoms with Gasteiger partial charge in [0, 0.05) is 0 Å². The van der Waals surface area contributed by atoms with E-state index in [1.165, 1.54) is 27.3 Å². The Kier molecular flexibility index (Phi) is 6.09. The van der Waals surface area contributed by atoms with Crippen LogP contribution in [-0.2, 0) is 0 Å². The second-order valence-corrected chi connectivity index (χ2v) is 8.12. The van der Waals surface area contributed by atoms with Crippen molar-refractivity contribution in [2.45, 2.75) is 13.8 Å². The third-order valence-electron chi connectivity index (χ3n) is 6.14. The van der Waals surface area contributed by atoms with Crippen LogP contribution in [0.15, 0.2) is 91.0 Å². The number of benzene rings is 5. The highest BCUT2D eigenvalue weighted by Crippen LogP contribution is 2.45. The average molecular weight is 449 g/mol. The molecule has 0 bridgehead atoms. The normalized spacial score (nSPS) is 11.0. The fourth-order valence-electron chi connectivity index (χ4n) is 4.68. The molecule has 0 saturated heterocycles. The fourth-order valence-corrected chi connectivity index (χ4v) is 4.68. The highest BCUT2D eigenvalue weighted by molar-refractivity contribution is 6.21. The van der Waals surface area contributed by atoms with Gasteiger partial charge in [-0.15, -0.1) is 0 Å². The average Bonchev–Trinajstić information content (AvgIpc) is 2.88. The van der Waals surface area contributed by atoms with E-state index < -0.39 is 0 Å². The lowest BCUT2D eigenvalue weighted by Crippen LogP contribution is -1.94. The lowest BCUT2D eigenvalue weighted by Gasteiger charge is -2.19. The Hall–Kier alpha value is -3.98. The Bertz CT molecular complexity index is 1430. The van der Waals surface area contributed by atoms with E-state index in [1.807, 2.05) is 44.2 Å². The SMILES string of the molecule is CCOc1ccc(-c2c3ccccc3c(-c3ccc(OCC)cc3)c3cc(OC)ccc23)cc1. The summed E-state index contributed by atoms with van der Waals surface area (Å²) >= 11 is 0. The van der Waals surface area contributed by atoms with Crippen molar-refractivity contribution >= 4 is 21.5 Å². The van der Waals surface area contributed by atoms with Crippen molar-refractivity contribution in [1.82, 2.24) is 0 Å². The number of hydrogen-bond acceptors (Lipinski definition) is 3. The van der Waals surface area contributed by atoms with E-state index in [0.717, 1.165) is 33.8 Å². The summed E-state index contributed by atoms with van der Waals surface area (Å²) in [6, 6.07) is 31.7. The minimum absolute atomic E-state index is 0.652. The molecule has 0 unspecified atom stereocenters. The molecule has 0 spiro atoms. The highest BCUT2D eigenvalue weighted by atomic mass is 16.5. The number of rotatable bonds is 7. The molecule has 0 N–H and O–H groups in total. The third-order valence-corrected chi connectivity index (χ3v) is 6.14. The van der Waals surface area contributed by atoms with Crippen molar-refractivity contribution in [3.63, 3.8) is 0 Å². The summed E-state index contributed by atoms with van der Waals surface area (Å²) in [6.07, 6.45) is 0. The number of hydrogen-bond donors (Lipinski definition) is 0. The van der Waals surface area contributed by atoms with Gasteiger partial charge < -0.3 is 14.2 Å². The van der Waals surface area contributed by atoms with Crippen molar-refractivity contribution in [1.29, 1.82) is 0 Å². The summed E-state index contributed by atoms with van der Waals surface area (Å²) in [5.41, 5.74) is 4.72. The first-order valence-electron chi connectivity index (χ1n) is 11.7. The monoisotopic (exact) mass is 448 g/mol. The summed E-state index contributed by atoms with van der Waals surface area (Å²) in [7, 11) is 1.71. The minimum Gasteiger partial charge on any atom is -0.497 e. The molecule has 5 rings (SSSR count). The maximum atomic E-state index is 5.68. The molecule has 5 aromatic rings. The van der Waals surface area contributed by atoms with E-state index in [2.05, 4.69) is 60.7 Å². The van der Waals surface area contributed by atoms with Crippen LogP contribution in [0, 0.1) is 0 Å². The van der Waals surface area contributed by atoms with Crippen molar-refractivity contribution < 1.29 is 14.2 Å². The Morgan fingerprint density at radius 1 is 0.500 bits per heavy atom. The molecule has 0 amide bonds. The molecule has 0 heterocycles. The van der Waals surface area contributed by atoms with E-state index >= 15 is 0 Å². The molecule has 0 aliphatic heterocycles. The van der Waals surface area contributed by atoms with Crippen LogP contribution in [0.3, 0.4) is 0 Å². The lowest BCUT2D eigenvalue weighted by molar-refractivity contribution is 0.340. The molecule has 0 radical (unpaired) electrons. The van der Waals surface area contributed by atoms with E-state index in [-0.39, 0.29) is 0 Å². The largest absolute Gasteiger partial charge is 0.497 e. The van der Waals surface area contributed by atoms with Gasteiger partial charge in [0.2, 0.25) is 0 Å². The molecule has 0 aliphatic carbocycles. The fraction of sp³-hybridized carbons (Fsp3) is 0.161. The molecule has 0 aliphatic rings. The lowest BCUT2D eigenvalue weighted by atomic mass is 9.86. The van der Waals surface area contributed by atoms with E-state index in [9.17, 15) is 0 Å². The molecular formula is C31H28O3. The summed E-state index contributed by atoms with van der Waals surface area (Å²) < 4.78 is 17.0. The second kappa shape index (κ2) is 9.48. The van der Waals surface area contributed by atoms with Crippen LogP contribution in [0.4, 0.5) is 0 Å². The first kappa shape index (κ1) is 21.8. The van der Waals surface area contributed by atoms with Gasteiger partial charge in [-0.3, -0.25) is 0 Å². The molecule has 3 heteroatoms. The van der Waals surface area contributed by atoms with Gasteiger partial charge in [-0.1, -0.05) is 54.6 Å². The van der Waals surface area contributed by atoms with Gasteiger partial charge in [-0.2, -0.15) is 0 Å². The Balaban J connectivity index is 1.83. The van der Waals surface area contributed by atoms with Crippen LogP contribution >= 0.6 is 0 Å². The molecule has 5 aromatic carbocycles. The van der Waals surface area contributed by atoms with Crippen LogP contribution in [0.5, 0.6) is 17.2 Å². The van der Waals surface area contributed by atoms with E-state index in [1.54, 1.807) is 7.11 Å². The van der Waals surface area contributed by atoms with Crippen molar-refractivity contribution in [2.75, 3.05) is 20.3 Å². The van der Waals surface area contributed by atoms with Gasteiger partial charge in [-0.25, -0.2) is 0 Å². The molecule has 0 saturated carbocycles. The topological polar surface area (TPSA) is 27.7 Å². The molecule has 0 atom stereocenters. The van der Waals surface area contributed by atoms with Crippen molar-refractivity contribution in [3.8, 4) is 39.5 Å². The van der Waals surface area contributed by atoms with Crippen LogP contribution in [-0.4, -0.2) is 20.3 Å². The maximum Gasteiger partial charge on any atom is 0.119 e. The predicted octanol–water partition coefficient (Wildman–Crippen LogP) is 8.13. The second-order valence-electron chi connectivity index (χ2n) is 8.12. The van der Waals surface area contributed by atoms with Crippen LogP contribution in [0.2, 0.25) is 0 Å². The number of methoxy groups -OCH3 is 1. The maximum absolute atomic E-state index is 5.68. The van der Waals surface area contributed by atoms with Gasteiger partial charge in [0.15, 0.2) is 0 Å². The van der Waals surface area contributed by atoms with Gasteiger partial charge in [0.1, 0.15) is 17.2 Å². The summed E-state index contributed by atoms with van der Waals surface area (Å²) in [6.45, 7) is 5.31. The first-order valence-corrected chi connectivity index (χ1v) is 11.7. The zero-order chi connectivity index (χ0) is 23.5. The van der Waals surface area contributed by atoms with Gasteiger partial charge in [0.05, 0.1) is 20.3 Å². The zero-order valence-corrected chi connectivity index (χ0v) is 19.8. The zero-order valence-electron chi connectivity index (χ0n) is 19.8. The van der Waals surface area contributed by atoms with Crippen molar-refractivity contribution in [2.24, 2.45) is 0 Å². The summed E-state index contributed by atoms with van der Waals surface area (Å²) in [4.78, 5) is 0. The van der Waals surface area contributed by atoms with E-state index in [0.29, 0.717) is 13.2 Å². The first-order chi connectivity index (χ1) is 16.7. The van der Waals surface area contributed by atoms with Crippen LogP contribution in [0.25, 0.3) is 43.8 Å². The molecule has 34 heavy (non-hydrogen) atoms. The van der Waals surface area contributed by atoms with Gasteiger partial charge >= 0.3 is 0 Å². The quantitative estimate of drug-likeness (QED) is 0.235. The highest BCUT2D eigenvalue weighted by Gasteiger charge is 2.17. The van der Waals surface area contributed by atoms with Crippen LogP contribution in [0.1, 0.15) is 13.8 Å². The van der Waals surface area contributed by atoms with E-state index in [4.69, 9.17) is 14.2 Å². The molecule has 170 valence electrons. The summed E-state index contributed by atoms with van der Waals surface area (Å²) in [5, 5.41) is 4.77. The van der Waals surface area contributed by atoms with Crippen LogP contribution < -0.4 is 14.2 Å².